The fourth-order valence-electron chi connectivity index (χ4n) is 3.15. The third-order valence-corrected chi connectivity index (χ3v) is 4.72. The molecule has 0 aliphatic heterocycles. The van der Waals surface area contributed by atoms with Crippen molar-refractivity contribution < 1.29 is 9.59 Å². The smallest absolute Gasteiger partial charge is 0.150 e. The van der Waals surface area contributed by atoms with E-state index in [1.807, 2.05) is 0 Å². The van der Waals surface area contributed by atoms with Crippen molar-refractivity contribution in [1.29, 1.82) is 0 Å². The Labute approximate surface area is 131 Å². The van der Waals surface area contributed by atoms with Crippen LogP contribution in [0.25, 0.3) is 0 Å². The first kappa shape index (κ1) is 18.4. The third kappa shape index (κ3) is 8.38. The summed E-state index contributed by atoms with van der Waals surface area (Å²) in [7, 11) is 0. The Morgan fingerprint density at radius 2 is 1.05 bits per heavy atom. The summed E-state index contributed by atoms with van der Waals surface area (Å²) in [5.74, 6) is 0.149. The van der Waals surface area contributed by atoms with Gasteiger partial charge in [-0.2, -0.15) is 0 Å². The number of Topliss-reactive ketones (excluding diaryl/α,β-unsaturated/α-hetero) is 2. The van der Waals surface area contributed by atoms with Gasteiger partial charge in [-0.05, 0) is 6.42 Å². The van der Waals surface area contributed by atoms with Gasteiger partial charge < -0.3 is 0 Å². The van der Waals surface area contributed by atoms with Crippen LogP contribution in [0, 0.1) is 5.92 Å². The molecule has 0 spiro atoms. The van der Waals surface area contributed by atoms with Crippen LogP contribution in [0.2, 0.25) is 0 Å². The van der Waals surface area contributed by atoms with E-state index in [0.29, 0.717) is 0 Å². The molecule has 0 amide bonds. The minimum atomic E-state index is -0.210. The van der Waals surface area contributed by atoms with Gasteiger partial charge in [-0.25, -0.2) is 0 Å². The molecule has 1 rings (SSSR count). The van der Waals surface area contributed by atoms with Crippen LogP contribution >= 0.6 is 0 Å². The standard InChI is InChI=1S/C19H34O2/c1-2-3-4-5-6-7-8-9-10-11-12-13-14-15-17-18(20)16-19(17)21/h17H,2-16H2,1H3. The van der Waals surface area contributed by atoms with Crippen LogP contribution in [0.15, 0.2) is 0 Å². The molecule has 0 radical (unpaired) electrons. The maximum Gasteiger partial charge on any atom is 0.150 e. The van der Waals surface area contributed by atoms with E-state index in [1.165, 1.54) is 77.0 Å². The summed E-state index contributed by atoms with van der Waals surface area (Å²) in [6.07, 6.45) is 18.4. The molecule has 0 heterocycles. The van der Waals surface area contributed by atoms with E-state index < -0.39 is 0 Å². The van der Waals surface area contributed by atoms with Crippen LogP contribution in [-0.4, -0.2) is 11.6 Å². The van der Waals surface area contributed by atoms with E-state index in [1.54, 1.807) is 0 Å². The summed E-state index contributed by atoms with van der Waals surface area (Å²) < 4.78 is 0. The summed E-state index contributed by atoms with van der Waals surface area (Å²) in [6.45, 7) is 2.27. The predicted molar refractivity (Wildman–Crippen MR) is 88.4 cm³/mol. The molecular formula is C19H34O2. The van der Waals surface area contributed by atoms with Gasteiger partial charge in [0.15, 0.2) is 11.6 Å². The van der Waals surface area contributed by atoms with E-state index in [-0.39, 0.29) is 23.9 Å². The van der Waals surface area contributed by atoms with Crippen molar-refractivity contribution in [3.8, 4) is 0 Å². The van der Waals surface area contributed by atoms with Crippen molar-refractivity contribution in [2.45, 2.75) is 103 Å². The average molecular weight is 294 g/mol. The lowest BCUT2D eigenvalue weighted by molar-refractivity contribution is -0.144. The topological polar surface area (TPSA) is 34.1 Å². The molecule has 1 aliphatic rings. The molecule has 1 saturated carbocycles. The maximum absolute atomic E-state index is 11.2. The lowest BCUT2D eigenvalue weighted by atomic mass is 9.79. The lowest BCUT2D eigenvalue weighted by Gasteiger charge is -2.21. The maximum atomic E-state index is 11.2. The van der Waals surface area contributed by atoms with Crippen molar-refractivity contribution in [3.63, 3.8) is 0 Å². The first-order valence-corrected chi connectivity index (χ1v) is 9.31. The molecular weight excluding hydrogens is 260 g/mol. The molecule has 1 aliphatic carbocycles. The molecule has 122 valence electrons. The third-order valence-electron chi connectivity index (χ3n) is 4.72. The van der Waals surface area contributed by atoms with Gasteiger partial charge in [0.1, 0.15) is 0 Å². The van der Waals surface area contributed by atoms with Crippen LogP contribution in [0.5, 0.6) is 0 Å². The Kier molecular flexibility index (Phi) is 10.5. The number of hydrogen-bond acceptors (Lipinski definition) is 2. The zero-order chi connectivity index (χ0) is 15.3. The minimum Gasteiger partial charge on any atom is -0.298 e. The first-order chi connectivity index (χ1) is 10.3. The molecule has 0 aromatic heterocycles. The number of unbranched alkanes of at least 4 members (excludes halogenated alkanes) is 12. The molecule has 0 atom stereocenters. The van der Waals surface area contributed by atoms with Crippen molar-refractivity contribution in [1.82, 2.24) is 0 Å². The van der Waals surface area contributed by atoms with Crippen molar-refractivity contribution in [3.05, 3.63) is 0 Å². The quantitative estimate of drug-likeness (QED) is 0.307. The molecule has 0 aromatic rings. The summed E-state index contributed by atoms with van der Waals surface area (Å²) in [6, 6.07) is 0. The van der Waals surface area contributed by atoms with Gasteiger partial charge in [-0.3, -0.25) is 9.59 Å². The van der Waals surface area contributed by atoms with Gasteiger partial charge in [0.2, 0.25) is 0 Å². The number of carbonyl (C=O) groups is 2. The van der Waals surface area contributed by atoms with Gasteiger partial charge in [-0.1, -0.05) is 90.4 Å². The van der Waals surface area contributed by atoms with Gasteiger partial charge in [0.25, 0.3) is 0 Å². The van der Waals surface area contributed by atoms with Gasteiger partial charge in [-0.15, -0.1) is 0 Å². The first-order valence-electron chi connectivity index (χ1n) is 9.31. The van der Waals surface area contributed by atoms with Crippen molar-refractivity contribution >= 4 is 11.6 Å². The zero-order valence-electron chi connectivity index (χ0n) is 14.0. The van der Waals surface area contributed by atoms with E-state index in [9.17, 15) is 9.59 Å². The predicted octanol–water partition coefficient (Wildman–Crippen LogP) is 5.63. The average Bonchev–Trinajstić information content (AvgIpc) is 2.47. The van der Waals surface area contributed by atoms with E-state index in [2.05, 4.69) is 6.92 Å². The Hall–Kier alpha value is -0.660. The molecule has 21 heavy (non-hydrogen) atoms. The second-order valence-electron chi connectivity index (χ2n) is 6.69. The Balaban J connectivity index is 1.73. The van der Waals surface area contributed by atoms with Crippen LogP contribution in [-0.2, 0) is 9.59 Å². The number of carbonyl (C=O) groups excluding carboxylic acids is 2. The number of ketones is 2. The van der Waals surface area contributed by atoms with Crippen molar-refractivity contribution in [2.75, 3.05) is 0 Å². The van der Waals surface area contributed by atoms with E-state index in [4.69, 9.17) is 0 Å². The van der Waals surface area contributed by atoms with Crippen molar-refractivity contribution in [2.24, 2.45) is 5.92 Å². The highest BCUT2D eigenvalue weighted by molar-refractivity contribution is 6.21. The minimum absolute atomic E-state index is 0.180. The molecule has 0 saturated heterocycles. The number of hydrogen-bond donors (Lipinski definition) is 0. The molecule has 2 nitrogen and oxygen atoms in total. The second kappa shape index (κ2) is 11.9. The van der Waals surface area contributed by atoms with Gasteiger partial charge in [0, 0.05) is 0 Å². The summed E-state index contributed by atoms with van der Waals surface area (Å²) in [5.41, 5.74) is 0. The summed E-state index contributed by atoms with van der Waals surface area (Å²) in [5, 5.41) is 0. The highest BCUT2D eigenvalue weighted by Crippen LogP contribution is 2.24. The largest absolute Gasteiger partial charge is 0.298 e. The monoisotopic (exact) mass is 294 g/mol. The second-order valence-corrected chi connectivity index (χ2v) is 6.69. The Morgan fingerprint density at radius 1 is 0.667 bits per heavy atom. The summed E-state index contributed by atoms with van der Waals surface area (Å²) in [4.78, 5) is 22.3. The normalized spacial score (nSPS) is 15.5. The van der Waals surface area contributed by atoms with Gasteiger partial charge in [0.05, 0.1) is 12.3 Å². The lowest BCUT2D eigenvalue weighted by Crippen LogP contribution is -2.37. The molecule has 0 aromatic carbocycles. The Morgan fingerprint density at radius 3 is 1.43 bits per heavy atom. The number of rotatable bonds is 14. The van der Waals surface area contributed by atoms with Gasteiger partial charge >= 0.3 is 0 Å². The fraction of sp³-hybridized carbons (Fsp3) is 0.895. The van der Waals surface area contributed by atoms with E-state index >= 15 is 0 Å². The molecule has 0 unspecified atom stereocenters. The van der Waals surface area contributed by atoms with Crippen LogP contribution in [0.4, 0.5) is 0 Å². The highest BCUT2D eigenvalue weighted by Gasteiger charge is 2.36. The zero-order valence-corrected chi connectivity index (χ0v) is 14.0. The van der Waals surface area contributed by atoms with Crippen LogP contribution in [0.3, 0.4) is 0 Å². The summed E-state index contributed by atoms with van der Waals surface area (Å²) >= 11 is 0. The van der Waals surface area contributed by atoms with E-state index in [0.717, 1.165) is 12.8 Å². The Bertz CT molecular complexity index is 282. The highest BCUT2D eigenvalue weighted by atomic mass is 16.2. The fourth-order valence-corrected chi connectivity index (χ4v) is 3.15. The molecule has 2 heteroatoms. The SMILES string of the molecule is CCCCCCCCCCCCCCCC1C(=O)CC1=O. The molecule has 0 bridgehead atoms. The molecule has 1 fully saturated rings. The van der Waals surface area contributed by atoms with Crippen LogP contribution in [0.1, 0.15) is 103 Å². The van der Waals surface area contributed by atoms with Crippen LogP contribution < -0.4 is 0 Å². The molecule has 0 N–H and O–H groups in total.